The van der Waals surface area contributed by atoms with Crippen molar-refractivity contribution in [2.45, 2.75) is 33.6 Å². The standard InChI is InChI=1S/C14H20O2/c1-14(2,3)10-12(15)8-11-6-5-7-13(9-11)16-4/h5-7,9H,8,10H2,1-4H3. The zero-order valence-corrected chi connectivity index (χ0v) is 10.5. The second-order valence-electron chi connectivity index (χ2n) is 5.30. The molecule has 0 aliphatic heterocycles. The fourth-order valence-electron chi connectivity index (χ4n) is 1.66. The number of benzene rings is 1. The Morgan fingerprint density at radius 1 is 1.31 bits per heavy atom. The highest BCUT2D eigenvalue weighted by Gasteiger charge is 2.16. The van der Waals surface area contributed by atoms with Crippen molar-refractivity contribution in [2.75, 3.05) is 7.11 Å². The number of Topliss-reactive ketones (excluding diaryl/α,β-unsaturated/α-hetero) is 1. The van der Waals surface area contributed by atoms with E-state index in [9.17, 15) is 4.79 Å². The van der Waals surface area contributed by atoms with Crippen LogP contribution in [-0.4, -0.2) is 12.9 Å². The molecule has 0 saturated heterocycles. The van der Waals surface area contributed by atoms with Crippen LogP contribution in [0.2, 0.25) is 0 Å². The molecule has 88 valence electrons. The Kier molecular flexibility index (Phi) is 4.11. The van der Waals surface area contributed by atoms with E-state index in [-0.39, 0.29) is 11.2 Å². The van der Waals surface area contributed by atoms with Crippen LogP contribution in [0.1, 0.15) is 32.8 Å². The SMILES string of the molecule is COc1cccc(CC(=O)CC(C)(C)C)c1. The molecule has 1 aromatic carbocycles. The van der Waals surface area contributed by atoms with Crippen molar-refractivity contribution in [3.05, 3.63) is 29.8 Å². The number of ether oxygens (including phenoxy) is 1. The Balaban J connectivity index is 2.62. The summed E-state index contributed by atoms with van der Waals surface area (Å²) in [6.07, 6.45) is 1.11. The van der Waals surface area contributed by atoms with Gasteiger partial charge in [0.25, 0.3) is 0 Å². The Morgan fingerprint density at radius 2 is 2.00 bits per heavy atom. The summed E-state index contributed by atoms with van der Waals surface area (Å²) in [6, 6.07) is 7.68. The van der Waals surface area contributed by atoms with Gasteiger partial charge < -0.3 is 4.74 Å². The van der Waals surface area contributed by atoms with Gasteiger partial charge in [0.1, 0.15) is 11.5 Å². The summed E-state index contributed by atoms with van der Waals surface area (Å²) in [6.45, 7) is 6.24. The maximum atomic E-state index is 11.8. The lowest BCUT2D eigenvalue weighted by molar-refractivity contribution is -0.120. The largest absolute Gasteiger partial charge is 0.497 e. The van der Waals surface area contributed by atoms with E-state index in [0.717, 1.165) is 11.3 Å². The molecule has 0 bridgehead atoms. The van der Waals surface area contributed by atoms with E-state index in [1.165, 1.54) is 0 Å². The second kappa shape index (κ2) is 5.15. The Labute approximate surface area is 97.6 Å². The third-order valence-electron chi connectivity index (χ3n) is 2.26. The lowest BCUT2D eigenvalue weighted by Gasteiger charge is -2.16. The third-order valence-corrected chi connectivity index (χ3v) is 2.26. The molecule has 0 N–H and O–H groups in total. The Bertz CT molecular complexity index is 361. The minimum atomic E-state index is 0.0654. The number of methoxy groups -OCH3 is 1. The van der Waals surface area contributed by atoms with Gasteiger partial charge in [-0.15, -0.1) is 0 Å². The molecule has 0 unspecified atom stereocenters. The number of hydrogen-bond acceptors (Lipinski definition) is 2. The molecular formula is C14H20O2. The van der Waals surface area contributed by atoms with Gasteiger partial charge >= 0.3 is 0 Å². The minimum absolute atomic E-state index is 0.0654. The van der Waals surface area contributed by atoms with Gasteiger partial charge in [-0.2, -0.15) is 0 Å². The zero-order chi connectivity index (χ0) is 12.2. The predicted molar refractivity (Wildman–Crippen MR) is 65.8 cm³/mol. The van der Waals surface area contributed by atoms with Crippen LogP contribution in [-0.2, 0) is 11.2 Å². The summed E-state index contributed by atoms with van der Waals surface area (Å²) in [5, 5.41) is 0. The summed E-state index contributed by atoms with van der Waals surface area (Å²) in [7, 11) is 1.64. The molecule has 2 heteroatoms. The molecule has 0 fully saturated rings. The molecule has 0 amide bonds. The minimum Gasteiger partial charge on any atom is -0.497 e. The average Bonchev–Trinajstić information content (AvgIpc) is 2.15. The number of carbonyl (C=O) groups is 1. The quantitative estimate of drug-likeness (QED) is 0.778. The number of rotatable bonds is 4. The van der Waals surface area contributed by atoms with Crippen LogP contribution in [0.4, 0.5) is 0 Å². The van der Waals surface area contributed by atoms with Gasteiger partial charge in [0.2, 0.25) is 0 Å². The van der Waals surface area contributed by atoms with Crippen molar-refractivity contribution in [2.24, 2.45) is 5.41 Å². The summed E-state index contributed by atoms with van der Waals surface area (Å²) >= 11 is 0. The maximum Gasteiger partial charge on any atom is 0.137 e. The van der Waals surface area contributed by atoms with Gasteiger partial charge in [0, 0.05) is 12.8 Å². The molecule has 1 rings (SSSR count). The molecule has 0 heterocycles. The first-order valence-corrected chi connectivity index (χ1v) is 5.55. The molecule has 0 saturated carbocycles. The lowest BCUT2D eigenvalue weighted by Crippen LogP contribution is -2.14. The fraction of sp³-hybridized carbons (Fsp3) is 0.500. The number of hydrogen-bond donors (Lipinski definition) is 0. The Morgan fingerprint density at radius 3 is 2.56 bits per heavy atom. The van der Waals surface area contributed by atoms with Crippen molar-refractivity contribution in [1.82, 2.24) is 0 Å². The van der Waals surface area contributed by atoms with Crippen molar-refractivity contribution >= 4 is 5.78 Å². The van der Waals surface area contributed by atoms with Crippen molar-refractivity contribution in [3.8, 4) is 5.75 Å². The monoisotopic (exact) mass is 220 g/mol. The van der Waals surface area contributed by atoms with Crippen LogP contribution in [0.15, 0.2) is 24.3 Å². The van der Waals surface area contributed by atoms with Crippen LogP contribution in [0.5, 0.6) is 5.75 Å². The van der Waals surface area contributed by atoms with E-state index in [4.69, 9.17) is 4.74 Å². The van der Waals surface area contributed by atoms with Gasteiger partial charge in [0.05, 0.1) is 7.11 Å². The second-order valence-corrected chi connectivity index (χ2v) is 5.30. The molecule has 1 aromatic rings. The van der Waals surface area contributed by atoms with Crippen molar-refractivity contribution in [3.63, 3.8) is 0 Å². The van der Waals surface area contributed by atoms with Gasteiger partial charge in [0.15, 0.2) is 0 Å². The topological polar surface area (TPSA) is 26.3 Å². The molecule has 16 heavy (non-hydrogen) atoms. The summed E-state index contributed by atoms with van der Waals surface area (Å²) < 4.78 is 5.13. The van der Waals surface area contributed by atoms with Crippen LogP contribution >= 0.6 is 0 Å². The molecule has 2 nitrogen and oxygen atoms in total. The molecule has 0 spiro atoms. The highest BCUT2D eigenvalue weighted by atomic mass is 16.5. The average molecular weight is 220 g/mol. The van der Waals surface area contributed by atoms with E-state index >= 15 is 0 Å². The summed E-state index contributed by atoms with van der Waals surface area (Å²) in [5.74, 6) is 1.09. The van der Waals surface area contributed by atoms with Crippen molar-refractivity contribution in [1.29, 1.82) is 0 Å². The van der Waals surface area contributed by atoms with E-state index in [2.05, 4.69) is 20.8 Å². The van der Waals surface area contributed by atoms with E-state index in [1.54, 1.807) is 7.11 Å². The van der Waals surface area contributed by atoms with Gasteiger partial charge in [-0.25, -0.2) is 0 Å². The van der Waals surface area contributed by atoms with Crippen LogP contribution in [0, 0.1) is 5.41 Å². The van der Waals surface area contributed by atoms with Crippen LogP contribution in [0.3, 0.4) is 0 Å². The van der Waals surface area contributed by atoms with Crippen LogP contribution in [0.25, 0.3) is 0 Å². The predicted octanol–water partition coefficient (Wildman–Crippen LogP) is 3.24. The Hall–Kier alpha value is -1.31. The normalized spacial score (nSPS) is 11.2. The van der Waals surface area contributed by atoms with Gasteiger partial charge in [-0.3, -0.25) is 4.79 Å². The third kappa shape index (κ3) is 4.47. The highest BCUT2D eigenvalue weighted by molar-refractivity contribution is 5.81. The molecule has 0 aromatic heterocycles. The first-order chi connectivity index (χ1) is 7.40. The lowest BCUT2D eigenvalue weighted by atomic mass is 9.88. The molecule has 0 aliphatic rings. The zero-order valence-electron chi connectivity index (χ0n) is 10.5. The molecule has 0 radical (unpaired) electrons. The molecule has 0 aliphatic carbocycles. The van der Waals surface area contributed by atoms with E-state index in [0.29, 0.717) is 12.8 Å². The summed E-state index contributed by atoms with van der Waals surface area (Å²) in [5.41, 5.74) is 1.09. The van der Waals surface area contributed by atoms with Crippen molar-refractivity contribution < 1.29 is 9.53 Å². The highest BCUT2D eigenvalue weighted by Crippen LogP contribution is 2.21. The maximum absolute atomic E-state index is 11.8. The van der Waals surface area contributed by atoms with Gasteiger partial charge in [-0.05, 0) is 23.1 Å². The van der Waals surface area contributed by atoms with Crippen LogP contribution < -0.4 is 4.74 Å². The molecular weight excluding hydrogens is 200 g/mol. The summed E-state index contributed by atoms with van der Waals surface area (Å²) in [4.78, 5) is 11.8. The van der Waals surface area contributed by atoms with E-state index in [1.807, 2.05) is 24.3 Å². The first-order valence-electron chi connectivity index (χ1n) is 5.55. The van der Waals surface area contributed by atoms with E-state index < -0.39 is 0 Å². The number of ketones is 1. The first kappa shape index (κ1) is 12.8. The fourth-order valence-corrected chi connectivity index (χ4v) is 1.66. The van der Waals surface area contributed by atoms with Gasteiger partial charge in [-0.1, -0.05) is 32.9 Å². The number of carbonyl (C=O) groups excluding carboxylic acids is 1. The smallest absolute Gasteiger partial charge is 0.137 e. The molecule has 0 atom stereocenters.